The molecule has 0 saturated carbocycles. The minimum atomic E-state index is 0.399. The third-order valence-electron chi connectivity index (χ3n) is 2.30. The summed E-state index contributed by atoms with van der Waals surface area (Å²) in [5.74, 6) is 0. The second-order valence-corrected chi connectivity index (χ2v) is 4.98. The Balaban J connectivity index is 2.26. The van der Waals surface area contributed by atoms with Gasteiger partial charge in [-0.05, 0) is 24.5 Å². The van der Waals surface area contributed by atoms with Crippen LogP contribution in [0, 0.1) is 0 Å². The highest BCUT2D eigenvalue weighted by molar-refractivity contribution is 6.48. The van der Waals surface area contributed by atoms with Gasteiger partial charge in [-0.15, -0.1) is 0 Å². The minimum Gasteiger partial charge on any atom is -0.198 e. The fourth-order valence-electron chi connectivity index (χ4n) is 1.44. The van der Waals surface area contributed by atoms with Crippen LogP contribution in [0.4, 0.5) is 0 Å². The summed E-state index contributed by atoms with van der Waals surface area (Å²) in [6, 6.07) is 1.54. The standard InChI is InChI=1S/C10H7Cl4N3/c11-7-3-8(12)10(14)6(9(7)13)2-1-5-4-15-17-16-5/h3-4H,1-2H2,(H,15,16,17). The molecular formula is C10H7Cl4N3. The molecule has 0 atom stereocenters. The third-order valence-corrected chi connectivity index (χ3v) is 3.95. The Morgan fingerprint density at radius 3 is 2.18 bits per heavy atom. The number of hydrogen-bond donors (Lipinski definition) is 1. The van der Waals surface area contributed by atoms with E-state index in [1.807, 2.05) is 0 Å². The molecule has 2 rings (SSSR count). The number of benzene rings is 1. The molecule has 0 bridgehead atoms. The van der Waals surface area contributed by atoms with E-state index in [0.29, 0.717) is 32.9 Å². The van der Waals surface area contributed by atoms with Gasteiger partial charge in [0.15, 0.2) is 0 Å². The van der Waals surface area contributed by atoms with E-state index in [4.69, 9.17) is 46.4 Å². The van der Waals surface area contributed by atoms with Crippen molar-refractivity contribution < 1.29 is 0 Å². The molecule has 90 valence electrons. The Morgan fingerprint density at radius 1 is 1.00 bits per heavy atom. The van der Waals surface area contributed by atoms with Crippen molar-refractivity contribution in [1.82, 2.24) is 15.4 Å². The smallest absolute Gasteiger partial charge is 0.0828 e. The van der Waals surface area contributed by atoms with E-state index < -0.39 is 0 Å². The van der Waals surface area contributed by atoms with Gasteiger partial charge in [-0.3, -0.25) is 0 Å². The lowest BCUT2D eigenvalue weighted by Crippen LogP contribution is -1.95. The molecule has 0 amide bonds. The summed E-state index contributed by atoms with van der Waals surface area (Å²) in [5, 5.41) is 11.9. The molecule has 2 aromatic rings. The molecule has 7 heteroatoms. The van der Waals surface area contributed by atoms with Crippen LogP contribution in [0.5, 0.6) is 0 Å². The van der Waals surface area contributed by atoms with Crippen molar-refractivity contribution in [1.29, 1.82) is 0 Å². The largest absolute Gasteiger partial charge is 0.198 e. The van der Waals surface area contributed by atoms with Gasteiger partial charge in [0.25, 0.3) is 0 Å². The summed E-state index contributed by atoms with van der Waals surface area (Å²) in [6.07, 6.45) is 2.91. The topological polar surface area (TPSA) is 41.6 Å². The van der Waals surface area contributed by atoms with Gasteiger partial charge in [0.1, 0.15) is 0 Å². The number of aromatic amines is 1. The number of rotatable bonds is 3. The van der Waals surface area contributed by atoms with Crippen molar-refractivity contribution in [3.8, 4) is 0 Å². The van der Waals surface area contributed by atoms with Crippen LogP contribution in [0.1, 0.15) is 11.3 Å². The Bertz CT molecular complexity index is 499. The van der Waals surface area contributed by atoms with E-state index in [1.54, 1.807) is 6.20 Å². The molecule has 0 spiro atoms. The number of halogens is 4. The average molecular weight is 311 g/mol. The molecule has 0 fully saturated rings. The number of H-pyrrole nitrogens is 1. The van der Waals surface area contributed by atoms with Gasteiger partial charge in [-0.1, -0.05) is 46.4 Å². The number of nitrogens with zero attached hydrogens (tertiary/aromatic N) is 2. The second kappa shape index (κ2) is 5.44. The van der Waals surface area contributed by atoms with Gasteiger partial charge in [0.05, 0.1) is 32.0 Å². The van der Waals surface area contributed by atoms with Crippen LogP contribution in [-0.2, 0) is 12.8 Å². The van der Waals surface area contributed by atoms with Crippen molar-refractivity contribution in [2.75, 3.05) is 0 Å². The number of aryl methyl sites for hydroxylation is 1. The van der Waals surface area contributed by atoms with Gasteiger partial charge in [0.2, 0.25) is 0 Å². The Morgan fingerprint density at radius 2 is 1.65 bits per heavy atom. The number of nitrogens with one attached hydrogen (secondary N) is 1. The molecule has 1 aromatic carbocycles. The van der Waals surface area contributed by atoms with Gasteiger partial charge in [-0.2, -0.15) is 15.4 Å². The monoisotopic (exact) mass is 309 g/mol. The van der Waals surface area contributed by atoms with E-state index in [0.717, 1.165) is 11.3 Å². The Hall–Kier alpha value is -0.480. The fourth-order valence-corrected chi connectivity index (χ4v) is 2.48. The lowest BCUT2D eigenvalue weighted by atomic mass is 10.1. The maximum Gasteiger partial charge on any atom is 0.0828 e. The van der Waals surface area contributed by atoms with Crippen molar-refractivity contribution in [2.45, 2.75) is 12.8 Å². The first-order chi connectivity index (χ1) is 8.09. The van der Waals surface area contributed by atoms with Crippen LogP contribution in [-0.4, -0.2) is 15.4 Å². The third kappa shape index (κ3) is 2.86. The molecule has 1 heterocycles. The fraction of sp³-hybridized carbons (Fsp3) is 0.200. The normalized spacial score (nSPS) is 10.8. The van der Waals surface area contributed by atoms with Crippen molar-refractivity contribution >= 4 is 46.4 Å². The summed E-state index contributed by atoms with van der Waals surface area (Å²) in [7, 11) is 0. The summed E-state index contributed by atoms with van der Waals surface area (Å²) in [6.45, 7) is 0. The predicted octanol–water partition coefficient (Wildman–Crippen LogP) is 4.20. The maximum atomic E-state index is 6.09. The summed E-state index contributed by atoms with van der Waals surface area (Å²) in [5.41, 5.74) is 1.56. The molecule has 0 radical (unpaired) electrons. The van der Waals surface area contributed by atoms with Gasteiger partial charge < -0.3 is 0 Å². The van der Waals surface area contributed by atoms with E-state index in [2.05, 4.69) is 15.4 Å². The number of aromatic nitrogens is 3. The van der Waals surface area contributed by atoms with E-state index >= 15 is 0 Å². The number of hydrogen-bond acceptors (Lipinski definition) is 2. The first kappa shape index (κ1) is 13.0. The van der Waals surface area contributed by atoms with Crippen LogP contribution in [0.15, 0.2) is 12.3 Å². The summed E-state index contributed by atoms with van der Waals surface area (Å²) in [4.78, 5) is 0. The van der Waals surface area contributed by atoms with Crippen molar-refractivity contribution in [3.05, 3.63) is 43.6 Å². The highest BCUT2D eigenvalue weighted by Crippen LogP contribution is 2.37. The lowest BCUT2D eigenvalue weighted by molar-refractivity contribution is 0.871. The molecular weight excluding hydrogens is 304 g/mol. The van der Waals surface area contributed by atoms with Gasteiger partial charge in [-0.25, -0.2) is 0 Å². The first-order valence-electron chi connectivity index (χ1n) is 4.76. The van der Waals surface area contributed by atoms with Crippen LogP contribution in [0.2, 0.25) is 20.1 Å². The average Bonchev–Trinajstić information content (AvgIpc) is 2.79. The van der Waals surface area contributed by atoms with Crippen molar-refractivity contribution in [3.63, 3.8) is 0 Å². The van der Waals surface area contributed by atoms with E-state index in [-0.39, 0.29) is 0 Å². The molecule has 0 aliphatic heterocycles. The minimum absolute atomic E-state index is 0.399. The summed E-state index contributed by atoms with van der Waals surface area (Å²) < 4.78 is 0. The maximum absolute atomic E-state index is 6.09. The quantitative estimate of drug-likeness (QED) is 0.863. The highest BCUT2D eigenvalue weighted by Gasteiger charge is 2.14. The van der Waals surface area contributed by atoms with Crippen LogP contribution in [0.3, 0.4) is 0 Å². The van der Waals surface area contributed by atoms with Crippen LogP contribution >= 0.6 is 46.4 Å². The zero-order chi connectivity index (χ0) is 12.4. The zero-order valence-electron chi connectivity index (χ0n) is 8.48. The van der Waals surface area contributed by atoms with Crippen LogP contribution in [0.25, 0.3) is 0 Å². The molecule has 17 heavy (non-hydrogen) atoms. The SMILES string of the molecule is Clc1cc(Cl)c(Cl)c(CCc2cn[nH]n2)c1Cl. The summed E-state index contributed by atoms with van der Waals surface area (Å²) >= 11 is 24.1. The zero-order valence-corrected chi connectivity index (χ0v) is 11.5. The highest BCUT2D eigenvalue weighted by atomic mass is 35.5. The second-order valence-electron chi connectivity index (χ2n) is 3.41. The van der Waals surface area contributed by atoms with Crippen molar-refractivity contribution in [2.24, 2.45) is 0 Å². The first-order valence-corrected chi connectivity index (χ1v) is 6.27. The molecule has 0 unspecified atom stereocenters. The van der Waals surface area contributed by atoms with Crippen LogP contribution < -0.4 is 0 Å². The lowest BCUT2D eigenvalue weighted by Gasteiger charge is -2.09. The van der Waals surface area contributed by atoms with Gasteiger partial charge >= 0.3 is 0 Å². The molecule has 0 aliphatic rings. The predicted molar refractivity (Wildman–Crippen MR) is 70.3 cm³/mol. The Labute approximate surface area is 118 Å². The Kier molecular flexibility index (Phi) is 4.15. The molecule has 3 nitrogen and oxygen atoms in total. The molecule has 1 aromatic heterocycles. The molecule has 1 N–H and O–H groups in total. The van der Waals surface area contributed by atoms with E-state index in [1.165, 1.54) is 6.07 Å². The van der Waals surface area contributed by atoms with Gasteiger partial charge in [0, 0.05) is 0 Å². The molecule has 0 aliphatic carbocycles. The molecule has 0 saturated heterocycles. The van der Waals surface area contributed by atoms with E-state index in [9.17, 15) is 0 Å².